The molecule has 0 amide bonds. The van der Waals surface area contributed by atoms with Crippen molar-refractivity contribution in [2.75, 3.05) is 19.3 Å². The van der Waals surface area contributed by atoms with E-state index in [-0.39, 0.29) is 4.75 Å². The zero-order valence-electron chi connectivity index (χ0n) is 12.3. The molecule has 110 valence electrons. The van der Waals surface area contributed by atoms with Gasteiger partial charge in [-0.15, -0.1) is 11.8 Å². The molecule has 1 saturated heterocycles. The molecule has 0 saturated carbocycles. The minimum atomic E-state index is -0.193. The minimum absolute atomic E-state index is 0.193. The van der Waals surface area contributed by atoms with E-state index < -0.39 is 0 Å². The van der Waals surface area contributed by atoms with Crippen molar-refractivity contribution in [3.63, 3.8) is 0 Å². The van der Waals surface area contributed by atoms with Gasteiger partial charge in [0.25, 0.3) is 0 Å². The monoisotopic (exact) mass is 312 g/mol. The Hall–Kier alpha value is -0.700. The van der Waals surface area contributed by atoms with Gasteiger partial charge in [0, 0.05) is 26.7 Å². The van der Waals surface area contributed by atoms with E-state index in [1.54, 1.807) is 11.8 Å². The summed E-state index contributed by atoms with van der Waals surface area (Å²) in [5.74, 6) is 0. The smallest absolute Gasteiger partial charge is 0.104 e. The maximum Gasteiger partial charge on any atom is 0.104 e. The fourth-order valence-corrected chi connectivity index (χ4v) is 3.67. The van der Waals surface area contributed by atoms with Gasteiger partial charge in [0.1, 0.15) is 4.75 Å². The number of halogens is 1. The van der Waals surface area contributed by atoms with Crippen molar-refractivity contribution in [3.05, 3.63) is 16.4 Å². The lowest BCUT2D eigenvalue weighted by Gasteiger charge is -2.36. The number of hydrogen-bond donors (Lipinski definition) is 0. The number of aromatic nitrogens is 2. The summed E-state index contributed by atoms with van der Waals surface area (Å²) in [5, 5.41) is 14.6. The van der Waals surface area contributed by atoms with Gasteiger partial charge in [0.2, 0.25) is 0 Å². The van der Waals surface area contributed by atoms with E-state index in [0.29, 0.717) is 0 Å². The second kappa shape index (κ2) is 6.38. The molecule has 2 rings (SSSR count). The first-order chi connectivity index (χ1) is 9.55. The molecule has 2 heterocycles. The highest BCUT2D eigenvalue weighted by molar-refractivity contribution is 8.00. The summed E-state index contributed by atoms with van der Waals surface area (Å²) in [5.41, 5.74) is 2.05. The van der Waals surface area contributed by atoms with Crippen LogP contribution in [0, 0.1) is 11.3 Å². The fourth-order valence-electron chi connectivity index (χ4n) is 2.64. The highest BCUT2D eigenvalue weighted by atomic mass is 35.5. The largest absolute Gasteiger partial charge is 0.297 e. The number of hydrogen-bond acceptors (Lipinski definition) is 4. The van der Waals surface area contributed by atoms with Crippen LogP contribution in [0.2, 0.25) is 5.02 Å². The summed E-state index contributed by atoms with van der Waals surface area (Å²) in [6.45, 7) is 4.77. The number of rotatable bonds is 4. The van der Waals surface area contributed by atoms with Gasteiger partial charge < -0.3 is 0 Å². The number of aryl methyl sites for hydroxylation is 2. The normalized spacial score (nSPS) is 18.9. The van der Waals surface area contributed by atoms with Crippen molar-refractivity contribution in [1.82, 2.24) is 14.7 Å². The average molecular weight is 313 g/mol. The molecule has 0 N–H and O–H groups in total. The van der Waals surface area contributed by atoms with Crippen molar-refractivity contribution in [2.45, 2.75) is 37.5 Å². The molecule has 0 bridgehead atoms. The molecule has 1 aromatic rings. The molecular formula is C14H21ClN4S. The molecular weight excluding hydrogens is 292 g/mol. The quantitative estimate of drug-likeness (QED) is 0.857. The van der Waals surface area contributed by atoms with E-state index in [4.69, 9.17) is 11.6 Å². The molecule has 4 nitrogen and oxygen atoms in total. The second-order valence-corrected chi connectivity index (χ2v) is 6.84. The summed E-state index contributed by atoms with van der Waals surface area (Å²) in [4.78, 5) is 2.37. The van der Waals surface area contributed by atoms with Crippen LogP contribution in [-0.4, -0.2) is 38.8 Å². The highest BCUT2D eigenvalue weighted by Crippen LogP contribution is 2.34. The maximum absolute atomic E-state index is 9.32. The Labute approximate surface area is 130 Å². The van der Waals surface area contributed by atoms with E-state index in [9.17, 15) is 5.26 Å². The second-order valence-electron chi connectivity index (χ2n) is 5.27. The Kier molecular flexibility index (Phi) is 5.00. The average Bonchev–Trinajstić information content (AvgIpc) is 2.75. The predicted octanol–water partition coefficient (Wildman–Crippen LogP) is 2.86. The third-order valence-electron chi connectivity index (χ3n) is 4.13. The van der Waals surface area contributed by atoms with Crippen LogP contribution in [0.3, 0.4) is 0 Å². The van der Waals surface area contributed by atoms with E-state index in [0.717, 1.165) is 55.3 Å². The number of thioether (sulfide) groups is 1. The van der Waals surface area contributed by atoms with Crippen LogP contribution in [-0.2, 0) is 20.0 Å². The van der Waals surface area contributed by atoms with Gasteiger partial charge in [-0.1, -0.05) is 18.5 Å². The first kappa shape index (κ1) is 15.7. The Balaban J connectivity index is 2.03. The lowest BCUT2D eigenvalue weighted by Crippen LogP contribution is -2.41. The van der Waals surface area contributed by atoms with Gasteiger partial charge in [-0.2, -0.15) is 10.4 Å². The van der Waals surface area contributed by atoms with E-state index in [1.165, 1.54) is 0 Å². The zero-order valence-corrected chi connectivity index (χ0v) is 13.9. The Morgan fingerprint density at radius 2 is 2.10 bits per heavy atom. The number of nitrogens with zero attached hydrogens (tertiary/aromatic N) is 4. The van der Waals surface area contributed by atoms with Crippen LogP contribution in [0.1, 0.15) is 31.2 Å². The number of nitriles is 1. The summed E-state index contributed by atoms with van der Waals surface area (Å²) in [6, 6.07) is 2.48. The molecule has 20 heavy (non-hydrogen) atoms. The standard InChI is InChI=1S/C14H21ClN4S/c1-4-11-13(15)12(18(2)17-11)9-19-7-5-14(10-16,20-3)6-8-19/h4-9H2,1-3H3. The molecule has 6 heteroatoms. The number of likely N-dealkylation sites (tertiary alicyclic amines) is 1. The lowest BCUT2D eigenvalue weighted by molar-refractivity contribution is 0.204. The minimum Gasteiger partial charge on any atom is -0.297 e. The van der Waals surface area contributed by atoms with Crippen molar-refractivity contribution < 1.29 is 0 Å². The third kappa shape index (κ3) is 2.98. The summed E-state index contributed by atoms with van der Waals surface area (Å²) >= 11 is 8.08. The van der Waals surface area contributed by atoms with Crippen LogP contribution in [0.25, 0.3) is 0 Å². The van der Waals surface area contributed by atoms with Crippen LogP contribution in [0.15, 0.2) is 0 Å². The predicted molar refractivity (Wildman–Crippen MR) is 84.0 cm³/mol. The topological polar surface area (TPSA) is 44.9 Å². The highest BCUT2D eigenvalue weighted by Gasteiger charge is 2.34. The molecule has 1 aliphatic rings. The molecule has 0 aromatic carbocycles. The third-order valence-corrected chi connectivity index (χ3v) is 5.85. The van der Waals surface area contributed by atoms with Gasteiger partial charge in [0.05, 0.1) is 22.5 Å². The lowest BCUT2D eigenvalue weighted by atomic mass is 9.97. The molecule has 0 spiro atoms. The molecule has 1 aromatic heterocycles. The summed E-state index contributed by atoms with van der Waals surface area (Å²) < 4.78 is 1.70. The van der Waals surface area contributed by atoms with E-state index in [1.807, 2.05) is 18.0 Å². The zero-order chi connectivity index (χ0) is 14.8. The van der Waals surface area contributed by atoms with Gasteiger partial charge in [-0.3, -0.25) is 9.58 Å². The van der Waals surface area contributed by atoms with E-state index >= 15 is 0 Å². The van der Waals surface area contributed by atoms with Gasteiger partial charge in [-0.25, -0.2) is 0 Å². The van der Waals surface area contributed by atoms with Gasteiger partial charge in [0.15, 0.2) is 0 Å². The van der Waals surface area contributed by atoms with Crippen molar-refractivity contribution in [1.29, 1.82) is 5.26 Å². The molecule has 0 unspecified atom stereocenters. The van der Waals surface area contributed by atoms with Crippen molar-refractivity contribution >= 4 is 23.4 Å². The van der Waals surface area contributed by atoms with Gasteiger partial charge in [-0.05, 0) is 25.5 Å². The Morgan fingerprint density at radius 3 is 2.55 bits per heavy atom. The van der Waals surface area contributed by atoms with Crippen LogP contribution in [0.5, 0.6) is 0 Å². The molecule has 0 radical (unpaired) electrons. The molecule has 1 aliphatic heterocycles. The van der Waals surface area contributed by atoms with Gasteiger partial charge >= 0.3 is 0 Å². The SMILES string of the molecule is CCc1nn(C)c(CN2CCC(C#N)(SC)CC2)c1Cl. The summed E-state index contributed by atoms with van der Waals surface area (Å²) in [6.07, 6.45) is 4.72. The molecule has 0 aliphatic carbocycles. The Bertz CT molecular complexity index is 512. The van der Waals surface area contributed by atoms with E-state index in [2.05, 4.69) is 23.0 Å². The fraction of sp³-hybridized carbons (Fsp3) is 0.714. The van der Waals surface area contributed by atoms with Crippen LogP contribution in [0.4, 0.5) is 0 Å². The number of piperidine rings is 1. The van der Waals surface area contributed by atoms with Crippen molar-refractivity contribution in [2.24, 2.45) is 7.05 Å². The van der Waals surface area contributed by atoms with Crippen LogP contribution >= 0.6 is 23.4 Å². The first-order valence-electron chi connectivity index (χ1n) is 6.94. The van der Waals surface area contributed by atoms with Crippen LogP contribution < -0.4 is 0 Å². The van der Waals surface area contributed by atoms with Crippen molar-refractivity contribution in [3.8, 4) is 6.07 Å². The molecule has 1 fully saturated rings. The maximum atomic E-state index is 9.32. The molecule has 0 atom stereocenters. The Morgan fingerprint density at radius 1 is 1.45 bits per heavy atom. The summed E-state index contributed by atoms with van der Waals surface area (Å²) in [7, 11) is 1.95. The first-order valence-corrected chi connectivity index (χ1v) is 8.54.